The van der Waals surface area contributed by atoms with Crippen molar-refractivity contribution in [2.75, 3.05) is 46.3 Å². The number of unbranched alkanes of at least 4 members (excludes halogenated alkanes) is 1. The lowest BCUT2D eigenvalue weighted by molar-refractivity contribution is -0.384. The molecule has 0 bridgehead atoms. The highest BCUT2D eigenvalue weighted by Gasteiger charge is 2.38. The van der Waals surface area contributed by atoms with Crippen LogP contribution in [-0.4, -0.2) is 137 Å². The summed E-state index contributed by atoms with van der Waals surface area (Å²) in [6, 6.07) is 13.9. The SMILES string of the molecule is CC(=O)N[C@@H](CCCCNC(=O)CCC(=O)NCCNC(=O)C1CCCN(C(=O)[C@H](Cc2ccc(F)cc2)NC(=O)[C@H](Cc2ccc([N+](=O)[O-])cc2)NC(=O)[C@@H]2C=C3c4cccc5[nH]cc(c45)C[C@H]3N(C)C2)C1)C(N)=O. The van der Waals surface area contributed by atoms with Crippen LogP contribution in [0.5, 0.6) is 0 Å². The minimum Gasteiger partial charge on any atom is -0.368 e. The van der Waals surface area contributed by atoms with Crippen LogP contribution < -0.4 is 37.6 Å². The predicted octanol–water partition coefficient (Wildman–Crippen LogP) is 2.07. The van der Waals surface area contributed by atoms with Gasteiger partial charge in [-0.15, -0.1) is 0 Å². The van der Waals surface area contributed by atoms with Gasteiger partial charge in [-0.25, -0.2) is 4.39 Å². The first kappa shape index (κ1) is 55.7. The Labute approximate surface area is 438 Å². The van der Waals surface area contributed by atoms with E-state index in [1.165, 1.54) is 65.9 Å². The van der Waals surface area contributed by atoms with Gasteiger partial charge in [-0.3, -0.25) is 53.4 Å². The van der Waals surface area contributed by atoms with Crippen LogP contribution in [0, 0.1) is 27.8 Å². The molecule has 1 aromatic heterocycles. The van der Waals surface area contributed by atoms with Crippen molar-refractivity contribution in [2.24, 2.45) is 17.6 Å². The highest BCUT2D eigenvalue weighted by atomic mass is 19.1. The van der Waals surface area contributed by atoms with Gasteiger partial charge in [0, 0.05) is 107 Å². The summed E-state index contributed by atoms with van der Waals surface area (Å²) in [4.78, 5) is 123. The Kier molecular flexibility index (Phi) is 19.0. The number of halogens is 1. The molecule has 3 aromatic carbocycles. The number of piperidine rings is 1. The number of fused-ring (bicyclic) bond motifs is 2. The van der Waals surface area contributed by atoms with Crippen LogP contribution in [0.2, 0.25) is 0 Å². The molecular weight excluding hydrogens is 982 g/mol. The third-order valence-electron chi connectivity index (χ3n) is 14.2. The lowest BCUT2D eigenvalue weighted by Crippen LogP contribution is -2.58. The van der Waals surface area contributed by atoms with Crippen LogP contribution in [0.3, 0.4) is 0 Å². The highest BCUT2D eigenvalue weighted by molar-refractivity contribution is 6.00. The largest absolute Gasteiger partial charge is 0.368 e. The van der Waals surface area contributed by atoms with Crippen molar-refractivity contribution in [1.29, 1.82) is 0 Å². The minimum absolute atomic E-state index is 0.0226. The summed E-state index contributed by atoms with van der Waals surface area (Å²) in [5.74, 6) is -5.49. The zero-order valence-electron chi connectivity index (χ0n) is 42.7. The molecule has 76 heavy (non-hydrogen) atoms. The average molecular weight is 1050 g/mol. The van der Waals surface area contributed by atoms with Gasteiger partial charge in [0.05, 0.1) is 16.8 Å². The summed E-state index contributed by atoms with van der Waals surface area (Å²) in [7, 11) is 1.96. The van der Waals surface area contributed by atoms with E-state index in [1.807, 2.05) is 37.5 Å². The molecule has 7 rings (SSSR count). The second-order valence-electron chi connectivity index (χ2n) is 19.8. The number of aromatic amines is 1. The van der Waals surface area contributed by atoms with Gasteiger partial charge in [0.1, 0.15) is 23.9 Å². The Hall–Kier alpha value is -8.01. The molecule has 6 atom stereocenters. The molecule has 2 aliphatic heterocycles. The first-order chi connectivity index (χ1) is 36.4. The van der Waals surface area contributed by atoms with Gasteiger partial charge in [0.25, 0.3) is 5.69 Å². The maximum Gasteiger partial charge on any atom is 0.269 e. The number of amides is 8. The predicted molar refractivity (Wildman–Crippen MR) is 279 cm³/mol. The molecule has 0 radical (unpaired) electrons. The van der Waals surface area contributed by atoms with E-state index in [-0.39, 0.29) is 81.3 Å². The number of hydrogen-bond acceptors (Lipinski definition) is 11. The molecule has 3 heterocycles. The highest BCUT2D eigenvalue weighted by Crippen LogP contribution is 2.41. The molecule has 0 spiro atoms. The van der Waals surface area contributed by atoms with E-state index < -0.39 is 70.2 Å². The molecule has 1 saturated heterocycles. The molecule has 22 heteroatoms. The lowest BCUT2D eigenvalue weighted by atomic mass is 9.79. The number of non-ortho nitro benzene ring substituents is 1. The number of nitrogens with two attached hydrogens (primary N) is 1. The number of likely N-dealkylation sites (N-methyl/N-ethyl adjacent to an activating group) is 1. The summed E-state index contributed by atoms with van der Waals surface area (Å²) >= 11 is 0. The maximum absolute atomic E-state index is 14.6. The average Bonchev–Trinajstić information content (AvgIpc) is 3.85. The molecule has 4 aromatic rings. The zero-order valence-corrected chi connectivity index (χ0v) is 42.7. The van der Waals surface area contributed by atoms with Crippen LogP contribution in [0.1, 0.15) is 74.1 Å². The smallest absolute Gasteiger partial charge is 0.269 e. The normalized spacial score (nSPS) is 18.2. The molecule has 1 unspecified atom stereocenters. The second-order valence-corrected chi connectivity index (χ2v) is 19.8. The van der Waals surface area contributed by atoms with E-state index in [0.29, 0.717) is 56.3 Å². The van der Waals surface area contributed by atoms with Gasteiger partial charge in [-0.2, -0.15) is 0 Å². The molecule has 1 fully saturated rings. The number of nitrogens with one attached hydrogen (secondary N) is 7. The summed E-state index contributed by atoms with van der Waals surface area (Å²) in [5.41, 5.74) is 10.4. The molecule has 9 N–H and O–H groups in total. The topological polar surface area (TPSA) is 300 Å². The molecule has 21 nitrogen and oxygen atoms in total. The third kappa shape index (κ3) is 14.9. The van der Waals surface area contributed by atoms with Crippen LogP contribution in [0.15, 0.2) is 79.0 Å². The van der Waals surface area contributed by atoms with E-state index >= 15 is 0 Å². The van der Waals surface area contributed by atoms with Crippen LogP contribution in [0.4, 0.5) is 10.1 Å². The fourth-order valence-electron chi connectivity index (χ4n) is 10.2. The number of nitro groups is 1. The Balaban J connectivity index is 0.958. The molecule has 1 aliphatic carbocycles. The van der Waals surface area contributed by atoms with E-state index in [4.69, 9.17) is 5.73 Å². The van der Waals surface area contributed by atoms with Gasteiger partial charge >= 0.3 is 0 Å². The summed E-state index contributed by atoms with van der Waals surface area (Å²) < 4.78 is 14.1. The number of nitrogens with zero attached hydrogens (tertiary/aromatic N) is 3. The van der Waals surface area contributed by atoms with Gasteiger partial charge in [-0.1, -0.05) is 42.5 Å². The van der Waals surface area contributed by atoms with E-state index in [0.717, 1.165) is 28.5 Å². The molecule has 3 aliphatic rings. The number of carbonyl (C=O) groups is 8. The fraction of sp³-hybridized carbons (Fsp3) is 0.444. The summed E-state index contributed by atoms with van der Waals surface area (Å²) in [6.45, 7) is 2.43. The molecular formula is C54H66FN11O10. The number of carbonyl (C=O) groups excluding carboxylic acids is 8. The van der Waals surface area contributed by atoms with Crippen LogP contribution in [0.25, 0.3) is 16.5 Å². The van der Waals surface area contributed by atoms with E-state index in [2.05, 4.69) is 41.8 Å². The standard InChI is InChI=1S/C54H66FN11O10/c1-32(67)61-43(50(56)70)9-3-4-21-57-47(68)19-20-48(69)58-22-23-59-51(71)35-7-6-24-65(31-35)54(74)45(26-33-11-15-38(55)16-12-33)63-53(73)44(25-34-13-17-39(18-14-34)66(75)76)62-52(72)37-27-41-40-8-5-10-42-49(40)36(29-60-42)28-46(41)64(2)30-37/h5,8,10-18,27,29,35,37,43-46,60H,3-4,6-7,9,19-26,28,30-31H2,1-2H3,(H2,56,70)(H,57,68)(H,58,69)(H,59,71)(H,61,67)(H,62,72)(H,63,73)/t35?,37-,43+,44+,45+,46-/m1/s1. The van der Waals surface area contributed by atoms with Crippen LogP contribution >= 0.6 is 0 Å². The van der Waals surface area contributed by atoms with Crippen molar-refractivity contribution >= 4 is 69.4 Å². The van der Waals surface area contributed by atoms with Crippen molar-refractivity contribution in [2.45, 2.75) is 95.3 Å². The Morgan fingerprint density at radius 1 is 0.803 bits per heavy atom. The zero-order chi connectivity index (χ0) is 54.5. The number of hydrogen-bond donors (Lipinski definition) is 8. The van der Waals surface area contributed by atoms with Crippen molar-refractivity contribution in [3.05, 3.63) is 117 Å². The molecule has 404 valence electrons. The molecule has 8 amide bonds. The van der Waals surface area contributed by atoms with Gasteiger partial charge in [-0.05, 0) is 91.6 Å². The Bertz CT molecular complexity index is 2840. The molecule has 0 saturated carbocycles. The third-order valence-corrected chi connectivity index (χ3v) is 14.2. The van der Waals surface area contributed by atoms with E-state index in [9.17, 15) is 52.9 Å². The number of H-pyrrole nitrogens is 1. The van der Waals surface area contributed by atoms with Gasteiger partial charge in [0.2, 0.25) is 47.3 Å². The quantitative estimate of drug-likeness (QED) is 0.0286. The summed E-state index contributed by atoms with van der Waals surface area (Å²) in [5, 5.41) is 29.1. The number of primary amides is 1. The number of rotatable bonds is 24. The van der Waals surface area contributed by atoms with E-state index in [1.54, 1.807) is 0 Å². The minimum atomic E-state index is -1.24. The second kappa shape index (κ2) is 26.0. The van der Waals surface area contributed by atoms with Crippen molar-refractivity contribution in [3.63, 3.8) is 0 Å². The first-order valence-corrected chi connectivity index (χ1v) is 25.7. The number of likely N-dealkylation sites (tertiary alicyclic amines) is 1. The maximum atomic E-state index is 14.6. The van der Waals surface area contributed by atoms with Crippen molar-refractivity contribution in [1.82, 2.24) is 46.7 Å². The lowest BCUT2D eigenvalue weighted by Gasteiger charge is -2.39. The van der Waals surface area contributed by atoms with Gasteiger partial charge < -0.3 is 47.5 Å². The van der Waals surface area contributed by atoms with Crippen molar-refractivity contribution < 1.29 is 47.7 Å². The number of aromatic nitrogens is 1. The fourth-order valence-corrected chi connectivity index (χ4v) is 10.2. The first-order valence-electron chi connectivity index (χ1n) is 25.7. The Morgan fingerprint density at radius 3 is 2.16 bits per heavy atom. The van der Waals surface area contributed by atoms with Crippen LogP contribution in [-0.2, 0) is 57.6 Å². The van der Waals surface area contributed by atoms with Crippen molar-refractivity contribution in [3.8, 4) is 0 Å². The number of benzene rings is 3. The monoisotopic (exact) mass is 1050 g/mol. The summed E-state index contributed by atoms with van der Waals surface area (Å²) in [6.07, 6.45) is 6.78. The number of nitro benzene ring substituents is 1. The van der Waals surface area contributed by atoms with Gasteiger partial charge in [0.15, 0.2) is 0 Å². The Morgan fingerprint density at radius 2 is 1.47 bits per heavy atom.